The molecule has 1 amide bonds. The predicted molar refractivity (Wildman–Crippen MR) is 159 cm³/mol. The second-order valence-electron chi connectivity index (χ2n) is 10.5. The van der Waals surface area contributed by atoms with Gasteiger partial charge in [0.1, 0.15) is 0 Å². The first-order valence-corrected chi connectivity index (χ1v) is 14.0. The molecule has 0 spiro atoms. The molecule has 2 bridgehead atoms. The van der Waals surface area contributed by atoms with Crippen molar-refractivity contribution >= 4 is 29.2 Å². The standard InChI is InChI=1S/C30H27ClN8O4/c1-17-4-3-5-26(23-12-18(8-10-32-23)28-21(34-29(17)41)9-11-37(28)2)38-16-33-22(14-27(38)40)20-13-19(31)6-7-25(20)39-15-24(30(42)43)35-36-39/h6-17,26H,3-5H2,1-2H3,(H,34,41)(H,42,43)/t17-,26+/m1/s1. The number of rotatable bonds is 4. The number of hydrogen-bond acceptors (Lipinski definition) is 7. The third kappa shape index (κ3) is 5.44. The summed E-state index contributed by atoms with van der Waals surface area (Å²) in [7, 11) is 1.91. The van der Waals surface area contributed by atoms with Crippen LogP contribution in [-0.4, -0.2) is 51.1 Å². The minimum absolute atomic E-state index is 0.0535. The lowest BCUT2D eigenvalue weighted by atomic mass is 9.97. The molecule has 0 radical (unpaired) electrons. The monoisotopic (exact) mass is 598 g/mol. The van der Waals surface area contributed by atoms with Gasteiger partial charge in [0.15, 0.2) is 5.69 Å². The number of carbonyl (C=O) groups excluding carboxylic acids is 1. The number of anilines is 1. The molecule has 4 aromatic heterocycles. The summed E-state index contributed by atoms with van der Waals surface area (Å²) in [5.41, 5.74) is 3.86. The number of hydrogen-bond donors (Lipinski definition) is 2. The molecule has 5 heterocycles. The summed E-state index contributed by atoms with van der Waals surface area (Å²) in [5.74, 6) is -1.49. The first-order valence-electron chi connectivity index (χ1n) is 13.7. The van der Waals surface area contributed by atoms with Gasteiger partial charge in [0.2, 0.25) is 5.91 Å². The van der Waals surface area contributed by atoms with Crippen LogP contribution in [0.4, 0.5) is 5.69 Å². The van der Waals surface area contributed by atoms with Gasteiger partial charge in [0.25, 0.3) is 5.56 Å². The van der Waals surface area contributed by atoms with Crippen LogP contribution in [0, 0.1) is 5.92 Å². The molecule has 1 aliphatic rings. The van der Waals surface area contributed by atoms with Gasteiger partial charge in [-0.2, -0.15) is 0 Å². The first kappa shape index (κ1) is 28.0. The molecule has 0 fully saturated rings. The molecule has 5 aromatic rings. The Morgan fingerprint density at radius 3 is 2.70 bits per heavy atom. The van der Waals surface area contributed by atoms with E-state index >= 15 is 0 Å². The van der Waals surface area contributed by atoms with E-state index < -0.39 is 12.0 Å². The fourth-order valence-corrected chi connectivity index (χ4v) is 5.56. The smallest absolute Gasteiger partial charge is 0.358 e. The lowest BCUT2D eigenvalue weighted by molar-refractivity contribution is -0.119. The average molecular weight is 599 g/mol. The van der Waals surface area contributed by atoms with Crippen molar-refractivity contribution in [2.24, 2.45) is 13.0 Å². The van der Waals surface area contributed by atoms with Crippen molar-refractivity contribution in [3.05, 3.63) is 94.1 Å². The number of aromatic carboxylic acids is 1. The van der Waals surface area contributed by atoms with Crippen LogP contribution in [0.2, 0.25) is 5.02 Å². The number of amides is 1. The zero-order valence-electron chi connectivity index (χ0n) is 23.3. The maximum atomic E-state index is 13.7. The Morgan fingerprint density at radius 1 is 1.09 bits per heavy atom. The second kappa shape index (κ2) is 11.3. The number of aromatic nitrogens is 7. The Hall–Kier alpha value is -5.10. The van der Waals surface area contributed by atoms with E-state index in [4.69, 9.17) is 11.6 Å². The maximum absolute atomic E-state index is 13.7. The van der Waals surface area contributed by atoms with Gasteiger partial charge in [-0.3, -0.25) is 19.1 Å². The number of pyridine rings is 1. The molecule has 0 unspecified atom stereocenters. The van der Waals surface area contributed by atoms with E-state index in [1.54, 1.807) is 29.0 Å². The summed E-state index contributed by atoms with van der Waals surface area (Å²) in [5, 5.41) is 20.4. The Labute approximate surface area is 250 Å². The van der Waals surface area contributed by atoms with Gasteiger partial charge in [-0.05, 0) is 49.2 Å². The zero-order chi connectivity index (χ0) is 30.2. The summed E-state index contributed by atoms with van der Waals surface area (Å²) >= 11 is 6.30. The fraction of sp³-hybridized carbons (Fsp3) is 0.233. The molecule has 2 N–H and O–H groups in total. The Bertz CT molecular complexity index is 1930. The number of nitrogens with zero attached hydrogens (tertiary/aromatic N) is 7. The van der Waals surface area contributed by atoms with Crippen molar-refractivity contribution < 1.29 is 14.7 Å². The van der Waals surface area contributed by atoms with Crippen LogP contribution in [0.15, 0.2) is 72.2 Å². The highest BCUT2D eigenvalue weighted by atomic mass is 35.5. The third-order valence-corrected chi connectivity index (χ3v) is 7.89. The molecule has 0 saturated heterocycles. The molecule has 218 valence electrons. The van der Waals surface area contributed by atoms with Crippen molar-refractivity contribution in [3.8, 4) is 28.2 Å². The molecule has 12 nitrogen and oxygen atoms in total. The number of benzene rings is 1. The number of carboxylic acid groups (broad SMARTS) is 1. The quantitative estimate of drug-likeness (QED) is 0.305. The highest BCUT2D eigenvalue weighted by molar-refractivity contribution is 6.31. The second-order valence-corrected chi connectivity index (χ2v) is 11.0. The molecule has 2 atom stereocenters. The summed E-state index contributed by atoms with van der Waals surface area (Å²) in [6.45, 7) is 1.90. The molecule has 1 aromatic carbocycles. The van der Waals surface area contributed by atoms with Gasteiger partial charge >= 0.3 is 5.97 Å². The van der Waals surface area contributed by atoms with E-state index in [0.717, 1.165) is 16.9 Å². The number of carboxylic acids is 1. The molecule has 13 heteroatoms. The Balaban J connectivity index is 1.43. The van der Waals surface area contributed by atoms with E-state index in [9.17, 15) is 19.5 Å². The lowest BCUT2D eigenvalue weighted by Crippen LogP contribution is -2.27. The molecule has 43 heavy (non-hydrogen) atoms. The number of aryl methyl sites for hydroxylation is 1. The van der Waals surface area contributed by atoms with Crippen molar-refractivity contribution in [3.63, 3.8) is 0 Å². The largest absolute Gasteiger partial charge is 0.476 e. The highest BCUT2D eigenvalue weighted by Crippen LogP contribution is 2.33. The van der Waals surface area contributed by atoms with Crippen LogP contribution in [0.25, 0.3) is 28.2 Å². The summed E-state index contributed by atoms with van der Waals surface area (Å²) in [6.07, 6.45) is 8.24. The van der Waals surface area contributed by atoms with Gasteiger partial charge < -0.3 is 15.0 Å². The summed E-state index contributed by atoms with van der Waals surface area (Å²) in [4.78, 5) is 47.3. The highest BCUT2D eigenvalue weighted by Gasteiger charge is 2.24. The minimum Gasteiger partial charge on any atom is -0.476 e. The van der Waals surface area contributed by atoms with Gasteiger partial charge in [0, 0.05) is 47.6 Å². The van der Waals surface area contributed by atoms with Crippen LogP contribution in [0.1, 0.15) is 48.4 Å². The number of carbonyl (C=O) groups is 2. The maximum Gasteiger partial charge on any atom is 0.358 e. The van der Waals surface area contributed by atoms with Gasteiger partial charge in [0.05, 0.1) is 47.0 Å². The number of nitrogens with one attached hydrogen (secondary N) is 1. The van der Waals surface area contributed by atoms with Gasteiger partial charge in [-0.25, -0.2) is 14.5 Å². The first-order chi connectivity index (χ1) is 20.7. The van der Waals surface area contributed by atoms with Crippen LogP contribution >= 0.6 is 11.6 Å². The van der Waals surface area contributed by atoms with Crippen molar-refractivity contribution in [1.82, 2.24) is 34.1 Å². The number of fused-ring (bicyclic) bond motifs is 4. The molecule has 0 saturated carbocycles. The van der Waals surface area contributed by atoms with Crippen LogP contribution < -0.4 is 10.9 Å². The third-order valence-electron chi connectivity index (χ3n) is 7.65. The summed E-state index contributed by atoms with van der Waals surface area (Å²) < 4.78 is 4.81. The van der Waals surface area contributed by atoms with Gasteiger partial charge in [-0.15, -0.1) is 5.10 Å². The van der Waals surface area contributed by atoms with Crippen molar-refractivity contribution in [1.29, 1.82) is 0 Å². The Kier molecular flexibility index (Phi) is 7.36. The predicted octanol–water partition coefficient (Wildman–Crippen LogP) is 4.59. The molecule has 6 rings (SSSR count). The van der Waals surface area contributed by atoms with E-state index in [1.807, 2.05) is 42.9 Å². The van der Waals surface area contributed by atoms with Crippen LogP contribution in [-0.2, 0) is 11.8 Å². The van der Waals surface area contributed by atoms with Gasteiger partial charge in [-0.1, -0.05) is 30.2 Å². The normalized spacial score (nSPS) is 17.0. The van der Waals surface area contributed by atoms with Crippen molar-refractivity contribution in [2.45, 2.75) is 32.2 Å². The molecule has 1 aliphatic heterocycles. The SMILES string of the molecule is C[C@@H]1CCC[C@H](n2cnc(-c3cc(Cl)ccc3-n3cc(C(=O)O)nn3)cc2=O)c2cc(ccn2)-c2c(ccn2C)NC1=O. The average Bonchev–Trinajstić information content (AvgIpc) is 3.62. The van der Waals surface area contributed by atoms with E-state index in [0.29, 0.717) is 46.9 Å². The Morgan fingerprint density at radius 2 is 1.93 bits per heavy atom. The lowest BCUT2D eigenvalue weighted by Gasteiger charge is -2.22. The molecular formula is C30H27ClN8O4. The van der Waals surface area contributed by atoms with Crippen molar-refractivity contribution in [2.75, 3.05) is 5.32 Å². The fourth-order valence-electron chi connectivity index (χ4n) is 5.39. The van der Waals surface area contributed by atoms with Crippen LogP contribution in [0.5, 0.6) is 0 Å². The minimum atomic E-state index is -1.21. The number of halogens is 1. The van der Waals surface area contributed by atoms with E-state index in [-0.39, 0.29) is 23.1 Å². The van der Waals surface area contributed by atoms with Crippen LogP contribution in [0.3, 0.4) is 0 Å². The molecule has 0 aliphatic carbocycles. The zero-order valence-corrected chi connectivity index (χ0v) is 24.1. The topological polar surface area (TPSA) is 150 Å². The molecular weight excluding hydrogens is 572 g/mol. The summed E-state index contributed by atoms with van der Waals surface area (Å²) in [6, 6.07) is 11.6. The van der Waals surface area contributed by atoms with E-state index in [1.165, 1.54) is 23.3 Å². The van der Waals surface area contributed by atoms with E-state index in [2.05, 4.69) is 25.6 Å².